The van der Waals surface area contributed by atoms with Crippen molar-refractivity contribution in [3.05, 3.63) is 0 Å². The lowest BCUT2D eigenvalue weighted by molar-refractivity contribution is -0.310. The van der Waals surface area contributed by atoms with Crippen LogP contribution in [0.15, 0.2) is 0 Å². The molecule has 0 spiro atoms. The van der Waals surface area contributed by atoms with Crippen LogP contribution in [0.5, 0.6) is 0 Å². The Morgan fingerprint density at radius 3 is 2.27 bits per heavy atom. The zero-order valence-corrected chi connectivity index (χ0v) is 19.8. The summed E-state index contributed by atoms with van der Waals surface area (Å²) < 4.78 is 5.02. The third kappa shape index (κ3) is 3.85. The van der Waals surface area contributed by atoms with E-state index in [-0.39, 0.29) is 46.6 Å². The maximum atomic E-state index is 12.4. The average molecular weight is 423 g/mol. The van der Waals surface area contributed by atoms with E-state index in [9.17, 15) is 14.8 Å². The molecule has 1 heterocycles. The first kappa shape index (κ1) is 23.7. The predicted octanol–water partition coefficient (Wildman–Crippen LogP) is 5.87. The molecular formula is C25H42O5. The van der Waals surface area contributed by atoms with Crippen molar-refractivity contribution in [2.75, 3.05) is 0 Å². The Bertz CT molecular complexity index is 639. The molecule has 30 heavy (non-hydrogen) atoms. The minimum atomic E-state index is -0.363. The van der Waals surface area contributed by atoms with Crippen LogP contribution in [-0.2, 0) is 19.2 Å². The van der Waals surface area contributed by atoms with Crippen LogP contribution in [0, 0.1) is 46.3 Å². The van der Waals surface area contributed by atoms with Gasteiger partial charge in [-0.05, 0) is 73.0 Å². The number of carbonyl (C=O) groups excluding carboxylic acids is 2. The first-order valence-electron chi connectivity index (χ1n) is 12.2. The molecule has 5 heteroatoms. The Labute approximate surface area is 182 Å². The zero-order chi connectivity index (χ0) is 22.3. The Hall–Kier alpha value is -0.940. The summed E-state index contributed by atoms with van der Waals surface area (Å²) in [5.41, 5.74) is 0.426. The largest absolute Gasteiger partial charge is 0.393 e. The number of fused-ring (bicyclic) bond motifs is 2. The van der Waals surface area contributed by atoms with E-state index in [1.807, 2.05) is 0 Å². The van der Waals surface area contributed by atoms with Crippen molar-refractivity contribution < 1.29 is 24.5 Å². The Morgan fingerprint density at radius 2 is 1.77 bits per heavy atom. The van der Waals surface area contributed by atoms with Gasteiger partial charge in [0.1, 0.15) is 0 Å². The lowest BCUT2D eigenvalue weighted by atomic mass is 9.63. The number of hydrogen-bond donors (Lipinski definition) is 1. The fraction of sp³-hybridized carbons (Fsp3) is 0.920. The third-order valence-corrected chi connectivity index (χ3v) is 9.91. The van der Waals surface area contributed by atoms with E-state index < -0.39 is 0 Å². The van der Waals surface area contributed by atoms with E-state index in [2.05, 4.69) is 41.5 Å². The molecule has 7 unspecified atom stereocenters. The van der Waals surface area contributed by atoms with Gasteiger partial charge in [-0.3, -0.25) is 14.8 Å². The van der Waals surface area contributed by atoms with Crippen molar-refractivity contribution >= 4 is 11.9 Å². The van der Waals surface area contributed by atoms with Gasteiger partial charge in [-0.15, -0.1) is 0 Å². The topological polar surface area (TPSA) is 72.8 Å². The zero-order valence-electron chi connectivity index (χ0n) is 19.8. The van der Waals surface area contributed by atoms with Crippen LogP contribution in [0.2, 0.25) is 0 Å². The normalized spacial score (nSPS) is 37.1. The summed E-state index contributed by atoms with van der Waals surface area (Å²) in [6.45, 7) is 13.5. The lowest BCUT2D eigenvalue weighted by Gasteiger charge is -2.43. The molecule has 2 aliphatic carbocycles. The van der Waals surface area contributed by atoms with Crippen LogP contribution in [0.3, 0.4) is 0 Å². The summed E-state index contributed by atoms with van der Waals surface area (Å²) in [7, 11) is 0. The molecule has 1 saturated heterocycles. The number of carbonyl (C=O) groups is 2. The molecule has 3 rings (SSSR count). The number of hydrogen-bond acceptors (Lipinski definition) is 5. The SMILES string of the molecule is CCC(CC)CC1C(=O)OC(=O)C1CCC(C)C(OO)C1CC2CCC1(C)C2(C)C. The van der Waals surface area contributed by atoms with Gasteiger partial charge in [0.25, 0.3) is 0 Å². The van der Waals surface area contributed by atoms with E-state index >= 15 is 0 Å². The van der Waals surface area contributed by atoms with Crippen molar-refractivity contribution in [1.82, 2.24) is 0 Å². The average Bonchev–Trinajstić information content (AvgIpc) is 3.17. The van der Waals surface area contributed by atoms with Gasteiger partial charge in [0.05, 0.1) is 17.9 Å². The van der Waals surface area contributed by atoms with Gasteiger partial charge in [0.15, 0.2) is 0 Å². The van der Waals surface area contributed by atoms with Crippen molar-refractivity contribution in [3.63, 3.8) is 0 Å². The second-order valence-corrected chi connectivity index (χ2v) is 11.2. The molecule has 0 aromatic carbocycles. The molecule has 3 aliphatic rings. The van der Waals surface area contributed by atoms with E-state index in [1.165, 1.54) is 12.8 Å². The van der Waals surface area contributed by atoms with Gasteiger partial charge in [0.2, 0.25) is 0 Å². The molecule has 0 amide bonds. The van der Waals surface area contributed by atoms with Crippen LogP contribution < -0.4 is 0 Å². The molecule has 0 aromatic rings. The van der Waals surface area contributed by atoms with E-state index in [1.54, 1.807) is 0 Å². The summed E-state index contributed by atoms with van der Waals surface area (Å²) in [6.07, 6.45) is 7.42. The van der Waals surface area contributed by atoms with Gasteiger partial charge in [-0.1, -0.05) is 54.4 Å². The monoisotopic (exact) mass is 422 g/mol. The maximum Gasteiger partial charge on any atom is 0.317 e. The fourth-order valence-corrected chi connectivity index (χ4v) is 7.08. The molecule has 1 aliphatic heterocycles. The number of rotatable bonds is 10. The highest BCUT2D eigenvalue weighted by molar-refractivity contribution is 5.96. The molecular weight excluding hydrogens is 380 g/mol. The van der Waals surface area contributed by atoms with E-state index in [0.717, 1.165) is 32.1 Å². The maximum absolute atomic E-state index is 12.4. The van der Waals surface area contributed by atoms with Crippen LogP contribution in [0.25, 0.3) is 0 Å². The van der Waals surface area contributed by atoms with Gasteiger partial charge in [-0.25, -0.2) is 4.89 Å². The minimum Gasteiger partial charge on any atom is -0.393 e. The summed E-state index contributed by atoms with van der Waals surface area (Å²) in [4.78, 5) is 29.8. The van der Waals surface area contributed by atoms with Crippen LogP contribution in [0.4, 0.5) is 0 Å². The highest BCUT2D eigenvalue weighted by Crippen LogP contribution is 2.69. The molecule has 1 N–H and O–H groups in total. The van der Waals surface area contributed by atoms with E-state index in [4.69, 9.17) is 9.62 Å². The fourth-order valence-electron chi connectivity index (χ4n) is 7.08. The summed E-state index contributed by atoms with van der Waals surface area (Å²) in [5, 5.41) is 9.84. The summed E-state index contributed by atoms with van der Waals surface area (Å²) >= 11 is 0. The second-order valence-electron chi connectivity index (χ2n) is 11.2. The van der Waals surface area contributed by atoms with Gasteiger partial charge in [0, 0.05) is 0 Å². The molecule has 3 fully saturated rings. The third-order valence-electron chi connectivity index (χ3n) is 9.91. The summed E-state index contributed by atoms with van der Waals surface area (Å²) in [6, 6.07) is 0. The number of ether oxygens (including phenoxy) is 1. The summed E-state index contributed by atoms with van der Waals surface area (Å²) in [5.74, 6) is 0.184. The number of esters is 2. The van der Waals surface area contributed by atoms with Crippen molar-refractivity contribution in [1.29, 1.82) is 0 Å². The van der Waals surface area contributed by atoms with Crippen molar-refractivity contribution in [2.24, 2.45) is 46.3 Å². The Kier molecular flexibility index (Phi) is 7.03. The highest BCUT2D eigenvalue weighted by atomic mass is 17.1. The molecule has 0 aromatic heterocycles. The second kappa shape index (κ2) is 8.90. The lowest BCUT2D eigenvalue weighted by Crippen LogP contribution is -2.42. The van der Waals surface area contributed by atoms with Crippen molar-refractivity contribution in [2.45, 2.75) is 99.0 Å². The van der Waals surface area contributed by atoms with E-state index in [0.29, 0.717) is 24.2 Å². The van der Waals surface area contributed by atoms with Crippen LogP contribution in [0.1, 0.15) is 92.9 Å². The first-order chi connectivity index (χ1) is 14.1. The molecule has 2 saturated carbocycles. The molecule has 2 bridgehead atoms. The van der Waals surface area contributed by atoms with Crippen LogP contribution in [-0.4, -0.2) is 23.3 Å². The van der Waals surface area contributed by atoms with Gasteiger partial charge in [-0.2, -0.15) is 0 Å². The van der Waals surface area contributed by atoms with Crippen LogP contribution >= 0.6 is 0 Å². The molecule has 5 nitrogen and oxygen atoms in total. The van der Waals surface area contributed by atoms with Crippen molar-refractivity contribution in [3.8, 4) is 0 Å². The number of cyclic esters (lactones) is 2. The minimum absolute atomic E-state index is 0.115. The quantitative estimate of drug-likeness (QED) is 0.206. The van der Waals surface area contributed by atoms with Gasteiger partial charge < -0.3 is 4.74 Å². The predicted molar refractivity (Wildman–Crippen MR) is 115 cm³/mol. The molecule has 172 valence electrons. The Balaban J connectivity index is 1.65. The highest BCUT2D eigenvalue weighted by Gasteiger charge is 2.63. The Morgan fingerprint density at radius 1 is 1.13 bits per heavy atom. The van der Waals surface area contributed by atoms with Gasteiger partial charge >= 0.3 is 11.9 Å². The molecule has 0 radical (unpaired) electrons. The molecule has 7 atom stereocenters. The standard InChI is InChI=1S/C25H42O5/c1-7-16(8-2)13-19-18(22(26)29-23(19)27)10-9-15(3)21(30-28)20-14-17-11-12-25(20,6)24(17,4)5/h15-21,28H,7-14H2,1-6H3. The first-order valence-corrected chi connectivity index (χ1v) is 12.2. The smallest absolute Gasteiger partial charge is 0.317 e.